The molecular formula is C16H30BrNO. The van der Waals surface area contributed by atoms with Crippen molar-refractivity contribution in [1.82, 2.24) is 4.90 Å². The number of hydrogen-bond donors (Lipinski definition) is 0. The van der Waals surface area contributed by atoms with Gasteiger partial charge in [-0.25, -0.2) is 0 Å². The normalized spacial score (nSPS) is 18.3. The molecule has 0 spiro atoms. The molecule has 0 aromatic rings. The Bertz CT molecular complexity index is 261. The van der Waals surface area contributed by atoms with Crippen LogP contribution < -0.4 is 0 Å². The zero-order valence-corrected chi connectivity index (χ0v) is 14.3. The van der Waals surface area contributed by atoms with Crippen LogP contribution in [0.25, 0.3) is 0 Å². The molecule has 0 aromatic heterocycles. The van der Waals surface area contributed by atoms with Crippen LogP contribution in [-0.2, 0) is 4.79 Å². The first-order valence-corrected chi connectivity index (χ1v) is 9.13. The fourth-order valence-electron chi connectivity index (χ4n) is 3.31. The summed E-state index contributed by atoms with van der Waals surface area (Å²) >= 11 is 3.72. The van der Waals surface area contributed by atoms with Gasteiger partial charge in [-0.05, 0) is 31.1 Å². The molecule has 1 heterocycles. The molecule has 3 heteroatoms. The molecule has 1 fully saturated rings. The molecule has 0 N–H and O–H groups in total. The van der Waals surface area contributed by atoms with Crippen LogP contribution in [0.4, 0.5) is 0 Å². The zero-order valence-electron chi connectivity index (χ0n) is 12.7. The lowest BCUT2D eigenvalue weighted by Gasteiger charge is -2.38. The average molecular weight is 332 g/mol. The standard InChI is InChI=1S/C16H30BrNO/c1-3-10-16(13-17,11-4-2)14-18-12-8-6-5-7-9-15(18)19/h3-14H2,1-2H3. The SMILES string of the molecule is CCCC(CBr)(CCC)CN1CCCCCCC1=O. The summed E-state index contributed by atoms with van der Waals surface area (Å²) in [4.78, 5) is 14.4. The van der Waals surface area contributed by atoms with Gasteiger partial charge < -0.3 is 4.90 Å². The Morgan fingerprint density at radius 2 is 1.74 bits per heavy atom. The first-order valence-electron chi connectivity index (χ1n) is 8.01. The second-order valence-corrected chi connectivity index (χ2v) is 6.67. The van der Waals surface area contributed by atoms with E-state index in [-0.39, 0.29) is 0 Å². The second-order valence-electron chi connectivity index (χ2n) is 6.11. The van der Waals surface area contributed by atoms with E-state index in [2.05, 4.69) is 34.7 Å². The third-order valence-corrected chi connectivity index (χ3v) is 5.48. The second kappa shape index (κ2) is 8.99. The van der Waals surface area contributed by atoms with E-state index < -0.39 is 0 Å². The summed E-state index contributed by atoms with van der Waals surface area (Å²) in [7, 11) is 0. The Kier molecular flexibility index (Phi) is 8.05. The van der Waals surface area contributed by atoms with Crippen molar-refractivity contribution in [3.05, 3.63) is 0 Å². The molecule has 1 aliphatic heterocycles. The molecule has 1 saturated heterocycles. The predicted octanol–water partition coefficient (Wildman–Crippen LogP) is 4.76. The Labute approximate surface area is 127 Å². The van der Waals surface area contributed by atoms with Gasteiger partial charge in [0.05, 0.1) is 0 Å². The van der Waals surface area contributed by atoms with Crippen molar-refractivity contribution in [2.75, 3.05) is 18.4 Å². The quantitative estimate of drug-likeness (QED) is 0.616. The number of amides is 1. The number of alkyl halides is 1. The highest BCUT2D eigenvalue weighted by Gasteiger charge is 2.31. The van der Waals surface area contributed by atoms with Crippen LogP contribution in [0.3, 0.4) is 0 Å². The van der Waals surface area contributed by atoms with Gasteiger partial charge in [-0.2, -0.15) is 0 Å². The van der Waals surface area contributed by atoms with Crippen LogP contribution in [0.2, 0.25) is 0 Å². The Balaban J connectivity index is 2.70. The summed E-state index contributed by atoms with van der Waals surface area (Å²) in [6.45, 7) is 6.44. The van der Waals surface area contributed by atoms with Crippen LogP contribution in [0.1, 0.15) is 71.6 Å². The topological polar surface area (TPSA) is 20.3 Å². The molecule has 0 atom stereocenters. The van der Waals surface area contributed by atoms with E-state index in [1.165, 1.54) is 44.9 Å². The first kappa shape index (κ1) is 17.0. The summed E-state index contributed by atoms with van der Waals surface area (Å²) in [6, 6.07) is 0. The lowest BCUT2D eigenvalue weighted by molar-refractivity contribution is -0.133. The first-order chi connectivity index (χ1) is 9.17. The van der Waals surface area contributed by atoms with Gasteiger partial charge >= 0.3 is 0 Å². The molecular weight excluding hydrogens is 302 g/mol. The Morgan fingerprint density at radius 1 is 1.11 bits per heavy atom. The number of likely N-dealkylation sites (tertiary alicyclic amines) is 1. The molecule has 0 aliphatic carbocycles. The van der Waals surface area contributed by atoms with Crippen molar-refractivity contribution in [2.45, 2.75) is 71.6 Å². The molecule has 0 saturated carbocycles. The lowest BCUT2D eigenvalue weighted by atomic mass is 9.80. The average Bonchev–Trinajstić information content (AvgIpc) is 2.39. The van der Waals surface area contributed by atoms with Crippen LogP contribution >= 0.6 is 15.9 Å². The van der Waals surface area contributed by atoms with Crippen molar-refractivity contribution in [1.29, 1.82) is 0 Å². The summed E-state index contributed by atoms with van der Waals surface area (Å²) < 4.78 is 0. The molecule has 1 rings (SSSR count). The van der Waals surface area contributed by atoms with Crippen molar-refractivity contribution < 1.29 is 4.79 Å². The minimum Gasteiger partial charge on any atom is -0.342 e. The van der Waals surface area contributed by atoms with E-state index in [1.54, 1.807) is 0 Å². The summed E-state index contributed by atoms with van der Waals surface area (Å²) in [5.41, 5.74) is 0.290. The minimum absolute atomic E-state index is 0.290. The Morgan fingerprint density at radius 3 is 2.32 bits per heavy atom. The lowest BCUT2D eigenvalue weighted by Crippen LogP contribution is -2.43. The molecule has 1 amide bonds. The third kappa shape index (κ3) is 5.45. The molecule has 112 valence electrons. The monoisotopic (exact) mass is 331 g/mol. The van der Waals surface area contributed by atoms with E-state index in [1.807, 2.05) is 0 Å². The molecule has 0 aromatic carbocycles. The van der Waals surface area contributed by atoms with Gasteiger partial charge in [-0.1, -0.05) is 55.5 Å². The fourth-order valence-corrected chi connectivity index (χ4v) is 4.05. The van der Waals surface area contributed by atoms with Gasteiger partial charge in [0.2, 0.25) is 5.91 Å². The predicted molar refractivity (Wildman–Crippen MR) is 85.7 cm³/mol. The molecule has 2 nitrogen and oxygen atoms in total. The van der Waals surface area contributed by atoms with Gasteiger partial charge in [0.1, 0.15) is 0 Å². The van der Waals surface area contributed by atoms with E-state index in [9.17, 15) is 4.79 Å². The van der Waals surface area contributed by atoms with Gasteiger partial charge in [-0.15, -0.1) is 0 Å². The van der Waals surface area contributed by atoms with Crippen molar-refractivity contribution >= 4 is 21.8 Å². The Hall–Kier alpha value is -0.0500. The molecule has 0 radical (unpaired) electrons. The number of halogens is 1. The summed E-state index contributed by atoms with van der Waals surface area (Å²) in [6.07, 6.45) is 10.4. The van der Waals surface area contributed by atoms with Crippen molar-refractivity contribution in [2.24, 2.45) is 5.41 Å². The maximum Gasteiger partial charge on any atom is 0.222 e. The highest BCUT2D eigenvalue weighted by atomic mass is 79.9. The molecule has 1 aliphatic rings. The van der Waals surface area contributed by atoms with E-state index in [4.69, 9.17) is 0 Å². The van der Waals surface area contributed by atoms with Crippen molar-refractivity contribution in [3.8, 4) is 0 Å². The number of carbonyl (C=O) groups is 1. The largest absolute Gasteiger partial charge is 0.342 e. The van der Waals surface area contributed by atoms with Gasteiger partial charge in [0.15, 0.2) is 0 Å². The maximum absolute atomic E-state index is 12.3. The minimum atomic E-state index is 0.290. The highest BCUT2D eigenvalue weighted by Crippen LogP contribution is 2.33. The third-order valence-electron chi connectivity index (χ3n) is 4.29. The molecule has 19 heavy (non-hydrogen) atoms. The van der Waals surface area contributed by atoms with Crippen LogP contribution in [-0.4, -0.2) is 29.2 Å². The maximum atomic E-state index is 12.3. The number of hydrogen-bond acceptors (Lipinski definition) is 1. The number of carbonyl (C=O) groups excluding carboxylic acids is 1. The van der Waals surface area contributed by atoms with Crippen molar-refractivity contribution in [3.63, 3.8) is 0 Å². The summed E-state index contributed by atoms with van der Waals surface area (Å²) in [5, 5.41) is 1.02. The molecule has 0 unspecified atom stereocenters. The van der Waals surface area contributed by atoms with Crippen LogP contribution in [0, 0.1) is 5.41 Å². The van der Waals surface area contributed by atoms with Gasteiger partial charge in [0, 0.05) is 24.8 Å². The smallest absolute Gasteiger partial charge is 0.222 e. The fraction of sp³-hybridized carbons (Fsp3) is 0.938. The number of rotatable bonds is 7. The van der Waals surface area contributed by atoms with Crippen LogP contribution in [0.15, 0.2) is 0 Å². The van der Waals surface area contributed by atoms with E-state index >= 15 is 0 Å². The van der Waals surface area contributed by atoms with Crippen LogP contribution in [0.5, 0.6) is 0 Å². The zero-order chi connectivity index (χ0) is 14.1. The summed E-state index contributed by atoms with van der Waals surface area (Å²) in [5.74, 6) is 0.386. The van der Waals surface area contributed by atoms with E-state index in [0.717, 1.165) is 31.3 Å². The van der Waals surface area contributed by atoms with E-state index in [0.29, 0.717) is 11.3 Å². The van der Waals surface area contributed by atoms with Gasteiger partial charge in [0.25, 0.3) is 0 Å². The molecule has 0 bridgehead atoms. The highest BCUT2D eigenvalue weighted by molar-refractivity contribution is 9.09. The van der Waals surface area contributed by atoms with Gasteiger partial charge in [-0.3, -0.25) is 4.79 Å². The number of nitrogens with zero attached hydrogens (tertiary/aromatic N) is 1.